The molecule has 0 unspecified atom stereocenters. The Hall–Kier alpha value is -8.92. The van der Waals surface area contributed by atoms with Gasteiger partial charge >= 0.3 is 0 Å². The highest BCUT2D eigenvalue weighted by atomic mass is 15.0. The van der Waals surface area contributed by atoms with Crippen LogP contribution in [-0.2, 0) is 0 Å². The van der Waals surface area contributed by atoms with Crippen molar-refractivity contribution in [3.05, 3.63) is 237 Å². The summed E-state index contributed by atoms with van der Waals surface area (Å²) in [6.07, 6.45) is 7.63. The lowest BCUT2D eigenvalue weighted by Gasteiger charge is -2.19. The summed E-state index contributed by atoms with van der Waals surface area (Å²) in [5.74, 6) is 0. The third-order valence-corrected chi connectivity index (χ3v) is 14.1. The Morgan fingerprint density at radius 1 is 0.269 bits per heavy atom. The zero-order valence-corrected chi connectivity index (χ0v) is 36.4. The van der Waals surface area contributed by atoms with Gasteiger partial charge in [-0.2, -0.15) is 0 Å². The molecule has 0 radical (unpaired) electrons. The van der Waals surface area contributed by atoms with Gasteiger partial charge < -0.3 is 4.57 Å². The number of aromatic nitrogens is 3. The first-order valence-electron chi connectivity index (χ1n) is 22.9. The molecule has 0 fully saturated rings. The molecule has 0 aliphatic carbocycles. The second-order valence-electron chi connectivity index (χ2n) is 17.7. The molecule has 0 spiro atoms. The van der Waals surface area contributed by atoms with Gasteiger partial charge in [-0.1, -0.05) is 152 Å². The first-order chi connectivity index (χ1) is 33.2. The zero-order chi connectivity index (χ0) is 44.0. The second-order valence-corrected chi connectivity index (χ2v) is 17.7. The van der Waals surface area contributed by atoms with Gasteiger partial charge in [-0.25, -0.2) is 0 Å². The largest absolute Gasteiger partial charge is 0.308 e. The quantitative estimate of drug-likeness (QED) is 0.128. The SMILES string of the molecule is c1ccc(-n2c3ccc(-c4cc5ccc(-c6c7ccccc7c(-c7ccc8c(ccc9cc(-c%10cccnc%10)ccc98)c7)c7ccccc67)cc5c5ccccc45)cc3c3ccncc32)cc1. The van der Waals surface area contributed by atoms with Crippen LogP contribution in [0, 0.1) is 0 Å². The number of benzene rings is 11. The van der Waals surface area contributed by atoms with Gasteiger partial charge in [0.15, 0.2) is 0 Å². The molecule has 0 atom stereocenters. The first kappa shape index (κ1) is 37.5. The predicted octanol–water partition coefficient (Wildman–Crippen LogP) is 17.2. The van der Waals surface area contributed by atoms with Crippen LogP contribution in [0.3, 0.4) is 0 Å². The van der Waals surface area contributed by atoms with Crippen molar-refractivity contribution in [2.24, 2.45) is 0 Å². The highest BCUT2D eigenvalue weighted by molar-refractivity contribution is 6.24. The molecule has 67 heavy (non-hydrogen) atoms. The fraction of sp³-hybridized carbons (Fsp3) is 0. The zero-order valence-electron chi connectivity index (χ0n) is 36.4. The molecule has 0 saturated heterocycles. The van der Waals surface area contributed by atoms with Crippen LogP contribution < -0.4 is 0 Å². The predicted molar refractivity (Wildman–Crippen MR) is 283 cm³/mol. The average Bonchev–Trinajstić information content (AvgIpc) is 3.73. The van der Waals surface area contributed by atoms with Crippen molar-refractivity contribution in [1.29, 1.82) is 0 Å². The molecule has 11 aromatic carbocycles. The smallest absolute Gasteiger partial charge is 0.0724 e. The lowest BCUT2D eigenvalue weighted by atomic mass is 9.84. The minimum absolute atomic E-state index is 1.10. The summed E-state index contributed by atoms with van der Waals surface area (Å²) in [5.41, 5.74) is 13.1. The topological polar surface area (TPSA) is 30.7 Å². The van der Waals surface area contributed by atoms with Gasteiger partial charge in [0.2, 0.25) is 0 Å². The summed E-state index contributed by atoms with van der Waals surface area (Å²) in [5, 5.41) is 17.3. The van der Waals surface area contributed by atoms with Gasteiger partial charge in [-0.15, -0.1) is 0 Å². The van der Waals surface area contributed by atoms with Crippen molar-refractivity contribution < 1.29 is 0 Å². The van der Waals surface area contributed by atoms with Crippen molar-refractivity contribution in [1.82, 2.24) is 14.5 Å². The molecule has 0 aliphatic rings. The molecule has 3 nitrogen and oxygen atoms in total. The monoisotopic (exact) mass is 849 g/mol. The number of hydrogen-bond donors (Lipinski definition) is 0. The van der Waals surface area contributed by atoms with Crippen molar-refractivity contribution in [3.8, 4) is 50.2 Å². The molecule has 0 amide bonds. The van der Waals surface area contributed by atoms with Crippen LogP contribution in [0.1, 0.15) is 0 Å². The molecule has 3 heteroatoms. The number of rotatable bonds is 5. The van der Waals surface area contributed by atoms with E-state index < -0.39 is 0 Å². The Morgan fingerprint density at radius 3 is 1.52 bits per heavy atom. The molecule has 14 aromatic rings. The maximum atomic E-state index is 4.54. The van der Waals surface area contributed by atoms with E-state index in [1.165, 1.54) is 120 Å². The normalized spacial score (nSPS) is 11.9. The Kier molecular flexibility index (Phi) is 8.28. The maximum Gasteiger partial charge on any atom is 0.0724 e. The van der Waals surface area contributed by atoms with Crippen LogP contribution in [0.15, 0.2) is 237 Å². The summed E-state index contributed by atoms with van der Waals surface area (Å²) in [6.45, 7) is 0. The van der Waals surface area contributed by atoms with E-state index in [1.807, 2.05) is 30.9 Å². The van der Waals surface area contributed by atoms with E-state index in [2.05, 4.69) is 221 Å². The first-order valence-corrected chi connectivity index (χ1v) is 22.9. The fourth-order valence-corrected chi connectivity index (χ4v) is 11.1. The number of nitrogens with zero attached hydrogens (tertiary/aromatic N) is 3. The van der Waals surface area contributed by atoms with Gasteiger partial charge in [0.25, 0.3) is 0 Å². The summed E-state index contributed by atoms with van der Waals surface area (Å²) >= 11 is 0. The summed E-state index contributed by atoms with van der Waals surface area (Å²) in [6, 6.07) is 78.4. The molecule has 0 aliphatic heterocycles. The van der Waals surface area contributed by atoms with Crippen molar-refractivity contribution >= 4 is 86.4 Å². The molecular formula is C64H39N3. The van der Waals surface area contributed by atoms with E-state index in [-0.39, 0.29) is 0 Å². The van der Waals surface area contributed by atoms with E-state index in [1.54, 1.807) is 0 Å². The molecular weight excluding hydrogens is 811 g/mol. The van der Waals surface area contributed by atoms with Crippen LogP contribution in [-0.4, -0.2) is 14.5 Å². The van der Waals surface area contributed by atoms with Gasteiger partial charge in [0.05, 0.1) is 17.2 Å². The molecule has 0 saturated carbocycles. The summed E-state index contributed by atoms with van der Waals surface area (Å²) in [4.78, 5) is 8.88. The molecule has 14 rings (SSSR count). The third-order valence-electron chi connectivity index (χ3n) is 14.1. The number of para-hydroxylation sites is 1. The standard InChI is InChI=1S/C64H39N3/c1-2-12-48(13-3-1)67-61-29-26-44(36-60(61)53-30-32-66-39-62(53)67)58-35-43-22-23-46(37-59(43)52-15-5-4-14-51(52)58)64-56-18-8-6-16-54(56)63(55-17-7-9-19-57(55)64)45-25-28-50-42(34-45)21-20-41-33-40(24-27-49(41)50)47-11-10-31-65-38-47/h1-39H. The Bertz CT molecular complexity index is 4260. The van der Waals surface area contributed by atoms with Crippen LogP contribution >= 0.6 is 0 Å². The third kappa shape index (κ3) is 5.85. The highest BCUT2D eigenvalue weighted by Crippen LogP contribution is 2.46. The molecule has 3 heterocycles. The highest BCUT2D eigenvalue weighted by Gasteiger charge is 2.20. The number of fused-ring (bicyclic) bond motifs is 11. The van der Waals surface area contributed by atoms with Gasteiger partial charge in [-0.05, 0) is 164 Å². The lowest BCUT2D eigenvalue weighted by molar-refractivity contribution is 1.17. The Balaban J connectivity index is 0.919. The van der Waals surface area contributed by atoms with E-state index in [9.17, 15) is 0 Å². The molecule has 0 bridgehead atoms. The fourth-order valence-electron chi connectivity index (χ4n) is 11.1. The number of hydrogen-bond acceptors (Lipinski definition) is 2. The maximum absolute atomic E-state index is 4.54. The molecule has 3 aromatic heterocycles. The van der Waals surface area contributed by atoms with Gasteiger partial charge in [0, 0.05) is 40.6 Å². The summed E-state index contributed by atoms with van der Waals surface area (Å²) in [7, 11) is 0. The van der Waals surface area contributed by atoms with E-state index in [0.717, 1.165) is 16.8 Å². The van der Waals surface area contributed by atoms with Gasteiger partial charge in [-0.3, -0.25) is 9.97 Å². The van der Waals surface area contributed by atoms with Crippen LogP contribution in [0.2, 0.25) is 0 Å². The van der Waals surface area contributed by atoms with Crippen LogP contribution in [0.25, 0.3) is 137 Å². The Morgan fingerprint density at radius 2 is 0.821 bits per heavy atom. The minimum Gasteiger partial charge on any atom is -0.308 e. The van der Waals surface area contributed by atoms with E-state index in [0.29, 0.717) is 0 Å². The second kappa shape index (κ2) is 14.8. The Labute approximate surface area is 386 Å². The average molecular weight is 850 g/mol. The van der Waals surface area contributed by atoms with E-state index >= 15 is 0 Å². The van der Waals surface area contributed by atoms with Crippen molar-refractivity contribution in [2.45, 2.75) is 0 Å². The van der Waals surface area contributed by atoms with Crippen molar-refractivity contribution in [2.75, 3.05) is 0 Å². The molecule has 0 N–H and O–H groups in total. The van der Waals surface area contributed by atoms with Crippen LogP contribution in [0.5, 0.6) is 0 Å². The van der Waals surface area contributed by atoms with E-state index in [4.69, 9.17) is 0 Å². The van der Waals surface area contributed by atoms with Crippen LogP contribution in [0.4, 0.5) is 0 Å². The lowest BCUT2D eigenvalue weighted by Crippen LogP contribution is -1.93. The van der Waals surface area contributed by atoms with Gasteiger partial charge in [0.1, 0.15) is 0 Å². The molecule has 310 valence electrons. The summed E-state index contributed by atoms with van der Waals surface area (Å²) < 4.78 is 2.32. The number of pyridine rings is 2. The minimum atomic E-state index is 1.10. The van der Waals surface area contributed by atoms with Crippen molar-refractivity contribution in [3.63, 3.8) is 0 Å².